The van der Waals surface area contributed by atoms with Gasteiger partial charge in [0.2, 0.25) is 0 Å². The van der Waals surface area contributed by atoms with Crippen LogP contribution in [0.25, 0.3) is 0 Å². The van der Waals surface area contributed by atoms with Gasteiger partial charge in [0, 0.05) is 19.3 Å². The molecule has 0 heterocycles. The highest BCUT2D eigenvalue weighted by molar-refractivity contribution is 5.71. The summed E-state index contributed by atoms with van der Waals surface area (Å²) in [7, 11) is 0. The molecule has 0 saturated carbocycles. The Morgan fingerprint density at radius 3 is 0.865 bits per heavy atom. The largest absolute Gasteiger partial charge is 0.462 e. The van der Waals surface area contributed by atoms with Crippen LogP contribution < -0.4 is 0 Å². The first kappa shape index (κ1) is 70.6. The smallest absolute Gasteiger partial charge is 0.306 e. The van der Waals surface area contributed by atoms with Crippen molar-refractivity contribution < 1.29 is 28.6 Å². The highest BCUT2D eigenvalue weighted by Gasteiger charge is 2.19. The molecule has 0 saturated heterocycles. The molecule has 0 rings (SSSR count). The fourth-order valence-corrected chi connectivity index (χ4v) is 8.91. The first-order valence-electron chi connectivity index (χ1n) is 31.6. The van der Waals surface area contributed by atoms with Gasteiger partial charge < -0.3 is 14.2 Å². The van der Waals surface area contributed by atoms with Crippen molar-refractivity contribution in [3.63, 3.8) is 0 Å². The number of esters is 3. The van der Waals surface area contributed by atoms with Crippen molar-refractivity contribution in [3.05, 3.63) is 85.1 Å². The van der Waals surface area contributed by atoms with Crippen LogP contribution in [0.5, 0.6) is 0 Å². The molecular formula is C68H118O6. The minimum Gasteiger partial charge on any atom is -0.462 e. The van der Waals surface area contributed by atoms with Crippen LogP contribution in [0, 0.1) is 0 Å². The Hall–Kier alpha value is -3.41. The summed E-state index contributed by atoms with van der Waals surface area (Å²) in [5.74, 6) is -0.931. The van der Waals surface area contributed by atoms with E-state index in [0.717, 1.165) is 89.9 Å². The van der Waals surface area contributed by atoms with Gasteiger partial charge in [0.05, 0.1) is 0 Å². The molecule has 0 aromatic heterocycles. The number of unbranched alkanes of at least 4 members (excludes halogenated alkanes) is 32. The number of carbonyl (C=O) groups excluding carboxylic acids is 3. The summed E-state index contributed by atoms with van der Waals surface area (Å²) < 4.78 is 16.8. The van der Waals surface area contributed by atoms with Crippen molar-refractivity contribution in [1.29, 1.82) is 0 Å². The Kier molecular flexibility index (Phi) is 59.3. The van der Waals surface area contributed by atoms with E-state index in [1.807, 2.05) is 0 Å². The Morgan fingerprint density at radius 1 is 0.284 bits per heavy atom. The molecule has 6 nitrogen and oxygen atoms in total. The van der Waals surface area contributed by atoms with Gasteiger partial charge in [-0.15, -0.1) is 0 Å². The highest BCUT2D eigenvalue weighted by Crippen LogP contribution is 2.16. The van der Waals surface area contributed by atoms with Gasteiger partial charge in [-0.3, -0.25) is 14.4 Å². The number of hydrogen-bond donors (Lipinski definition) is 0. The van der Waals surface area contributed by atoms with E-state index in [0.29, 0.717) is 19.3 Å². The predicted octanol–water partition coefficient (Wildman–Crippen LogP) is 21.5. The minimum atomic E-state index is -0.797. The molecule has 0 aliphatic rings. The monoisotopic (exact) mass is 1030 g/mol. The SMILES string of the molecule is CC/C=C\C/C=C\C/C=C\C/C=C\C/C=C\C/C=C\CCCCC(=O)OC(COC(=O)CCCCCCCCCC)COC(=O)CCCCCCCCCCCCCCCCC/C=C\CCCCCCCCCC. The molecule has 0 fully saturated rings. The maximum Gasteiger partial charge on any atom is 0.306 e. The third-order valence-corrected chi connectivity index (χ3v) is 13.6. The van der Waals surface area contributed by atoms with Crippen LogP contribution in [0.4, 0.5) is 0 Å². The lowest BCUT2D eigenvalue weighted by molar-refractivity contribution is -0.167. The third-order valence-electron chi connectivity index (χ3n) is 13.6. The van der Waals surface area contributed by atoms with Gasteiger partial charge in [-0.25, -0.2) is 0 Å². The van der Waals surface area contributed by atoms with Crippen LogP contribution >= 0.6 is 0 Å². The van der Waals surface area contributed by atoms with Crippen LogP contribution in [-0.4, -0.2) is 37.2 Å². The summed E-state index contributed by atoms with van der Waals surface area (Å²) in [6.07, 6.45) is 81.9. The second-order valence-corrected chi connectivity index (χ2v) is 20.9. The van der Waals surface area contributed by atoms with Crippen molar-refractivity contribution in [2.75, 3.05) is 13.2 Å². The van der Waals surface area contributed by atoms with Crippen molar-refractivity contribution in [2.24, 2.45) is 0 Å². The highest BCUT2D eigenvalue weighted by atomic mass is 16.6. The molecule has 0 bridgehead atoms. The lowest BCUT2D eigenvalue weighted by Crippen LogP contribution is -2.30. The predicted molar refractivity (Wildman–Crippen MR) is 321 cm³/mol. The summed E-state index contributed by atoms with van der Waals surface area (Å²) in [6.45, 7) is 6.49. The van der Waals surface area contributed by atoms with Crippen molar-refractivity contribution in [1.82, 2.24) is 0 Å². The molecular weight excluding hydrogens is 913 g/mol. The van der Waals surface area contributed by atoms with E-state index in [4.69, 9.17) is 14.2 Å². The number of carbonyl (C=O) groups is 3. The van der Waals surface area contributed by atoms with Crippen LogP contribution in [0.1, 0.15) is 310 Å². The lowest BCUT2D eigenvalue weighted by Gasteiger charge is -2.18. The molecule has 0 amide bonds. The van der Waals surface area contributed by atoms with Crippen LogP contribution in [0.2, 0.25) is 0 Å². The maximum absolute atomic E-state index is 12.8. The summed E-state index contributed by atoms with van der Waals surface area (Å²) >= 11 is 0. The van der Waals surface area contributed by atoms with Crippen LogP contribution in [0.15, 0.2) is 85.1 Å². The first-order chi connectivity index (χ1) is 36.5. The fourth-order valence-electron chi connectivity index (χ4n) is 8.91. The molecule has 0 aromatic carbocycles. The second kappa shape index (κ2) is 62.1. The second-order valence-electron chi connectivity index (χ2n) is 20.9. The van der Waals surface area contributed by atoms with Gasteiger partial charge >= 0.3 is 17.9 Å². The normalized spacial score (nSPS) is 12.6. The van der Waals surface area contributed by atoms with Crippen LogP contribution in [0.3, 0.4) is 0 Å². The molecule has 0 N–H and O–H groups in total. The zero-order valence-corrected chi connectivity index (χ0v) is 48.8. The van der Waals surface area contributed by atoms with Gasteiger partial charge in [-0.05, 0) is 96.3 Å². The first-order valence-corrected chi connectivity index (χ1v) is 31.6. The lowest BCUT2D eigenvalue weighted by atomic mass is 10.0. The van der Waals surface area contributed by atoms with E-state index in [1.54, 1.807) is 0 Å². The fraction of sp³-hybridized carbons (Fsp3) is 0.750. The Labute approximate surface area is 458 Å². The zero-order valence-electron chi connectivity index (χ0n) is 48.8. The molecule has 1 unspecified atom stereocenters. The van der Waals surface area contributed by atoms with Gasteiger partial charge in [0.15, 0.2) is 6.10 Å². The van der Waals surface area contributed by atoms with Crippen molar-refractivity contribution in [3.8, 4) is 0 Å². The molecule has 0 aromatic rings. The molecule has 6 heteroatoms. The van der Waals surface area contributed by atoms with E-state index in [9.17, 15) is 14.4 Å². The summed E-state index contributed by atoms with van der Waals surface area (Å²) in [5.41, 5.74) is 0. The average Bonchev–Trinajstić information content (AvgIpc) is 3.40. The molecule has 0 radical (unpaired) electrons. The van der Waals surface area contributed by atoms with Crippen molar-refractivity contribution in [2.45, 2.75) is 316 Å². The Balaban J connectivity index is 4.21. The molecule has 426 valence electrons. The molecule has 74 heavy (non-hydrogen) atoms. The molecule has 0 aliphatic heterocycles. The topological polar surface area (TPSA) is 78.9 Å². The van der Waals surface area contributed by atoms with Gasteiger partial charge in [0.1, 0.15) is 13.2 Å². The third kappa shape index (κ3) is 59.5. The molecule has 0 aliphatic carbocycles. The molecule has 0 spiro atoms. The number of ether oxygens (including phenoxy) is 3. The zero-order chi connectivity index (χ0) is 53.6. The van der Waals surface area contributed by atoms with Gasteiger partial charge in [0.25, 0.3) is 0 Å². The van der Waals surface area contributed by atoms with E-state index in [1.165, 1.54) is 173 Å². The van der Waals surface area contributed by atoms with E-state index >= 15 is 0 Å². The van der Waals surface area contributed by atoms with Gasteiger partial charge in [-0.1, -0.05) is 279 Å². The summed E-state index contributed by atoms with van der Waals surface area (Å²) in [5, 5.41) is 0. The van der Waals surface area contributed by atoms with E-state index in [2.05, 4.69) is 106 Å². The van der Waals surface area contributed by atoms with E-state index in [-0.39, 0.29) is 37.5 Å². The summed E-state index contributed by atoms with van der Waals surface area (Å²) in [6, 6.07) is 0. The summed E-state index contributed by atoms with van der Waals surface area (Å²) in [4.78, 5) is 38.1. The number of rotatable bonds is 57. The minimum absolute atomic E-state index is 0.0918. The maximum atomic E-state index is 12.8. The Morgan fingerprint density at radius 2 is 0.527 bits per heavy atom. The molecule has 1 atom stereocenters. The van der Waals surface area contributed by atoms with E-state index < -0.39 is 6.10 Å². The number of allylic oxidation sites excluding steroid dienone is 14. The quantitative estimate of drug-likeness (QED) is 0.0261. The standard InChI is InChI=1S/C68H118O6/c1-4-7-10-13-16-19-21-23-25-27-29-31-32-33-34-35-36-38-39-41-43-45-47-49-52-55-58-61-67(70)73-64-65(63-72-66(69)60-57-54-51-18-15-12-9-6-3)74-68(71)62-59-56-53-50-48-46-44-42-40-37-30-28-26-24-22-20-17-14-11-8-5-2/h8,11,17,20,24,26-27,29-30,37,42,44,48,50,65H,4-7,9-10,12-16,18-19,21-23,25,28,31-36,38-41,43,45-47,49,51-64H2,1-3H3/b11-8-,20-17-,26-24-,29-27-,37-30-,44-42-,50-48-. The van der Waals surface area contributed by atoms with Crippen LogP contribution in [-0.2, 0) is 28.6 Å². The Bertz CT molecular complexity index is 1420. The average molecular weight is 1030 g/mol. The van der Waals surface area contributed by atoms with Crippen molar-refractivity contribution >= 4 is 17.9 Å². The van der Waals surface area contributed by atoms with Gasteiger partial charge in [-0.2, -0.15) is 0 Å². The number of hydrogen-bond acceptors (Lipinski definition) is 6.